The molecule has 2 rings (SSSR count). The number of aliphatic hydroxyl groups is 1. The highest BCUT2D eigenvalue weighted by Gasteiger charge is 2.39. The number of amides is 1. The molecule has 0 atom stereocenters. The van der Waals surface area contributed by atoms with Crippen LogP contribution >= 0.6 is 11.3 Å². The van der Waals surface area contributed by atoms with E-state index < -0.39 is 0 Å². The Morgan fingerprint density at radius 3 is 2.95 bits per heavy atom. The van der Waals surface area contributed by atoms with Gasteiger partial charge in [0.2, 0.25) is 0 Å². The average Bonchev–Trinajstić information content (AvgIpc) is 3.10. The third-order valence-electron chi connectivity index (χ3n) is 3.36. The van der Waals surface area contributed by atoms with Crippen LogP contribution in [0.3, 0.4) is 0 Å². The Morgan fingerprint density at radius 1 is 1.58 bits per heavy atom. The highest BCUT2D eigenvalue weighted by Crippen LogP contribution is 2.39. The van der Waals surface area contributed by atoms with Crippen LogP contribution in [-0.4, -0.2) is 23.2 Å². The van der Waals surface area contributed by atoms with Crippen LogP contribution in [0.1, 0.15) is 48.3 Å². The molecule has 2 N–H and O–H groups in total. The predicted octanol–water partition coefficient (Wildman–Crippen LogP) is 2.40. The Bertz CT molecular complexity index is 518. The summed E-state index contributed by atoms with van der Waals surface area (Å²) in [5.41, 5.74) is 0.610. The monoisotopic (exact) mass is 277 g/mol. The number of rotatable bonds is 4. The van der Waals surface area contributed by atoms with Gasteiger partial charge in [0.25, 0.3) is 5.91 Å². The molecule has 4 heteroatoms. The van der Waals surface area contributed by atoms with Gasteiger partial charge in [-0.3, -0.25) is 4.79 Å². The molecule has 1 heterocycles. The van der Waals surface area contributed by atoms with Crippen LogP contribution in [0.15, 0.2) is 11.4 Å². The Morgan fingerprint density at radius 2 is 2.32 bits per heavy atom. The lowest BCUT2D eigenvalue weighted by Crippen LogP contribution is -2.45. The summed E-state index contributed by atoms with van der Waals surface area (Å²) in [6.07, 6.45) is 2.83. The fourth-order valence-electron chi connectivity index (χ4n) is 2.05. The van der Waals surface area contributed by atoms with Crippen molar-refractivity contribution in [1.82, 2.24) is 5.32 Å². The van der Waals surface area contributed by atoms with E-state index in [4.69, 9.17) is 5.11 Å². The first-order valence-electron chi connectivity index (χ1n) is 6.54. The molecule has 1 aliphatic rings. The molecule has 0 bridgehead atoms. The molecule has 3 nitrogen and oxygen atoms in total. The molecule has 0 aliphatic heterocycles. The summed E-state index contributed by atoms with van der Waals surface area (Å²) in [5.74, 6) is 6.36. The van der Waals surface area contributed by atoms with Crippen molar-refractivity contribution in [2.45, 2.75) is 38.6 Å². The van der Waals surface area contributed by atoms with Crippen molar-refractivity contribution in [1.29, 1.82) is 0 Å². The van der Waals surface area contributed by atoms with Gasteiger partial charge in [0.15, 0.2) is 0 Å². The van der Waals surface area contributed by atoms with E-state index in [1.807, 2.05) is 11.4 Å². The summed E-state index contributed by atoms with van der Waals surface area (Å²) in [6.45, 7) is 4.20. The topological polar surface area (TPSA) is 49.3 Å². The Labute approximate surface area is 118 Å². The fourth-order valence-corrected chi connectivity index (χ4v) is 2.80. The van der Waals surface area contributed by atoms with Gasteiger partial charge in [0, 0.05) is 17.5 Å². The maximum atomic E-state index is 12.3. The summed E-state index contributed by atoms with van der Waals surface area (Å²) in [7, 11) is 0. The van der Waals surface area contributed by atoms with Crippen molar-refractivity contribution in [2.75, 3.05) is 6.61 Å². The lowest BCUT2D eigenvalue weighted by atomic mass is 9.98. The lowest BCUT2D eigenvalue weighted by Gasteiger charge is -2.25. The molecule has 0 aromatic carbocycles. The van der Waals surface area contributed by atoms with Gasteiger partial charge in [-0.05, 0) is 44.1 Å². The summed E-state index contributed by atoms with van der Waals surface area (Å²) in [6, 6.07) is 1.86. The van der Waals surface area contributed by atoms with E-state index in [2.05, 4.69) is 31.0 Å². The van der Waals surface area contributed by atoms with Gasteiger partial charge in [-0.1, -0.05) is 11.8 Å². The number of carbonyl (C=O) groups is 1. The Balaban J connectivity index is 2.07. The average molecular weight is 277 g/mol. The van der Waals surface area contributed by atoms with Gasteiger partial charge >= 0.3 is 0 Å². The maximum Gasteiger partial charge on any atom is 0.263 e. The van der Waals surface area contributed by atoms with E-state index in [1.54, 1.807) is 0 Å². The number of aliphatic hydroxyl groups excluding tert-OH is 1. The second-order valence-electron chi connectivity index (χ2n) is 5.39. The minimum atomic E-state index is -0.142. The first-order valence-corrected chi connectivity index (χ1v) is 7.42. The SMILES string of the molecule is CC(C)(NC(=O)c1sccc1C#CCCO)C1CC1. The van der Waals surface area contributed by atoms with Crippen LogP contribution in [0.4, 0.5) is 0 Å². The van der Waals surface area contributed by atoms with Crippen LogP contribution in [0, 0.1) is 17.8 Å². The quantitative estimate of drug-likeness (QED) is 0.830. The van der Waals surface area contributed by atoms with Crippen molar-refractivity contribution in [3.63, 3.8) is 0 Å². The molecule has 1 aromatic heterocycles. The van der Waals surface area contributed by atoms with E-state index in [-0.39, 0.29) is 18.1 Å². The van der Waals surface area contributed by atoms with E-state index >= 15 is 0 Å². The number of hydrogen-bond acceptors (Lipinski definition) is 3. The maximum absolute atomic E-state index is 12.3. The molecule has 1 aromatic rings. The van der Waals surface area contributed by atoms with Crippen LogP contribution < -0.4 is 5.32 Å². The molecule has 0 saturated heterocycles. The molecule has 1 aliphatic carbocycles. The number of thiophene rings is 1. The first kappa shape index (κ1) is 14.1. The second kappa shape index (κ2) is 5.77. The molecular formula is C15H19NO2S. The van der Waals surface area contributed by atoms with Crippen molar-refractivity contribution >= 4 is 17.2 Å². The van der Waals surface area contributed by atoms with Gasteiger partial charge in [-0.2, -0.15) is 0 Å². The number of carbonyl (C=O) groups excluding carboxylic acids is 1. The highest BCUT2D eigenvalue weighted by atomic mass is 32.1. The van der Waals surface area contributed by atoms with E-state index in [0.29, 0.717) is 17.2 Å². The summed E-state index contributed by atoms with van der Waals surface area (Å²) < 4.78 is 0. The van der Waals surface area contributed by atoms with Crippen LogP contribution in [0.25, 0.3) is 0 Å². The second-order valence-corrected chi connectivity index (χ2v) is 6.30. The van der Waals surface area contributed by atoms with Gasteiger partial charge in [-0.25, -0.2) is 0 Å². The molecular weight excluding hydrogens is 258 g/mol. The van der Waals surface area contributed by atoms with E-state index in [9.17, 15) is 4.79 Å². The summed E-state index contributed by atoms with van der Waals surface area (Å²) >= 11 is 1.41. The zero-order valence-electron chi connectivity index (χ0n) is 11.3. The largest absolute Gasteiger partial charge is 0.395 e. The van der Waals surface area contributed by atoms with Crippen LogP contribution in [0.2, 0.25) is 0 Å². The Hall–Kier alpha value is -1.31. The van der Waals surface area contributed by atoms with Crippen molar-refractivity contribution in [3.8, 4) is 11.8 Å². The fraction of sp³-hybridized carbons (Fsp3) is 0.533. The number of nitrogens with one attached hydrogen (secondary N) is 1. The van der Waals surface area contributed by atoms with Crippen molar-refractivity contribution in [3.05, 3.63) is 21.9 Å². The van der Waals surface area contributed by atoms with Gasteiger partial charge in [-0.15, -0.1) is 11.3 Å². The molecule has 0 unspecified atom stereocenters. The van der Waals surface area contributed by atoms with Crippen molar-refractivity contribution in [2.24, 2.45) is 5.92 Å². The zero-order chi connectivity index (χ0) is 13.9. The molecule has 1 saturated carbocycles. The summed E-state index contributed by atoms with van der Waals surface area (Å²) in [5, 5.41) is 13.7. The third-order valence-corrected chi connectivity index (χ3v) is 4.28. The predicted molar refractivity (Wildman–Crippen MR) is 77.2 cm³/mol. The molecule has 102 valence electrons. The highest BCUT2D eigenvalue weighted by molar-refractivity contribution is 7.12. The molecule has 0 spiro atoms. The van der Waals surface area contributed by atoms with Gasteiger partial charge < -0.3 is 10.4 Å². The minimum absolute atomic E-state index is 0.0415. The minimum Gasteiger partial charge on any atom is -0.395 e. The van der Waals surface area contributed by atoms with Gasteiger partial charge in [0.1, 0.15) is 4.88 Å². The van der Waals surface area contributed by atoms with E-state index in [1.165, 1.54) is 24.2 Å². The molecule has 0 radical (unpaired) electrons. The lowest BCUT2D eigenvalue weighted by molar-refractivity contribution is 0.0907. The van der Waals surface area contributed by atoms with Crippen molar-refractivity contribution < 1.29 is 9.90 Å². The third kappa shape index (κ3) is 3.59. The normalized spacial score (nSPS) is 14.7. The van der Waals surface area contributed by atoms with Gasteiger partial charge in [0.05, 0.1) is 6.61 Å². The molecule has 1 fully saturated rings. The number of hydrogen-bond donors (Lipinski definition) is 2. The van der Waals surface area contributed by atoms with Crippen LogP contribution in [-0.2, 0) is 0 Å². The zero-order valence-corrected chi connectivity index (χ0v) is 12.1. The summed E-state index contributed by atoms with van der Waals surface area (Å²) in [4.78, 5) is 13.0. The Kier molecular flexibility index (Phi) is 4.28. The van der Waals surface area contributed by atoms with Crippen LogP contribution in [0.5, 0.6) is 0 Å². The molecule has 1 amide bonds. The van der Waals surface area contributed by atoms with E-state index in [0.717, 1.165) is 5.56 Å². The standard InChI is InChI=1S/C15H19NO2S/c1-15(2,12-6-7-12)16-14(18)13-11(8-10-19-13)5-3-4-9-17/h8,10,12,17H,4,6-7,9H2,1-2H3,(H,16,18). The first-order chi connectivity index (χ1) is 9.04. The molecule has 19 heavy (non-hydrogen) atoms. The smallest absolute Gasteiger partial charge is 0.263 e.